The summed E-state index contributed by atoms with van der Waals surface area (Å²) in [5.74, 6) is -6.70. The average molecular weight is 585 g/mol. The van der Waals surface area contributed by atoms with Crippen LogP contribution in [0.15, 0.2) is 23.0 Å². The third-order valence-electron chi connectivity index (χ3n) is 9.55. The summed E-state index contributed by atoms with van der Waals surface area (Å²) in [4.78, 5) is 45.1. The predicted molar refractivity (Wildman–Crippen MR) is 154 cm³/mol. The largest absolute Gasteiger partial charge is 0.508 e. The molecule has 0 aromatic heterocycles. The van der Waals surface area contributed by atoms with E-state index in [-0.39, 0.29) is 29.7 Å². The minimum Gasteiger partial charge on any atom is -0.508 e. The van der Waals surface area contributed by atoms with Gasteiger partial charge in [0.05, 0.1) is 17.2 Å². The molecule has 7 N–H and O–H groups in total. The van der Waals surface area contributed by atoms with Gasteiger partial charge >= 0.3 is 0 Å². The highest BCUT2D eigenvalue weighted by Gasteiger charge is 2.64. The van der Waals surface area contributed by atoms with Crippen molar-refractivity contribution in [2.45, 2.75) is 56.4 Å². The molecule has 1 aromatic carbocycles. The molecule has 0 spiro atoms. The number of phenols is 1. The third kappa shape index (κ3) is 4.39. The van der Waals surface area contributed by atoms with Crippen LogP contribution in [-0.4, -0.2) is 111 Å². The molecular weight excluding hydrogens is 544 g/mol. The lowest BCUT2D eigenvalue weighted by atomic mass is 9.57. The molecule has 3 aliphatic carbocycles. The highest BCUT2D eigenvalue weighted by atomic mass is 16.3. The van der Waals surface area contributed by atoms with Crippen LogP contribution < -0.4 is 10.6 Å². The van der Waals surface area contributed by atoms with Crippen LogP contribution in [0.5, 0.6) is 5.75 Å². The van der Waals surface area contributed by atoms with Crippen molar-refractivity contribution in [3.05, 3.63) is 39.7 Å². The minimum atomic E-state index is -2.67. The Labute approximate surface area is 244 Å². The number of rotatable bonds is 5. The smallest absolute Gasteiger partial charge is 0.255 e. The molecule has 2 fully saturated rings. The SMILES string of the molecule is CN(C)c1c(CN2CCC(C)(O)CC2)cc(O)c2c1C[C@H]1C[C@H]3[C@H](N(C)C)C(=O)C(C(N)=O)=C(O)[C@@]3(O)C(=O)C1=C2O. The maximum atomic E-state index is 14.0. The van der Waals surface area contributed by atoms with E-state index in [0.717, 1.165) is 11.3 Å². The van der Waals surface area contributed by atoms with Gasteiger partial charge in [-0.25, -0.2) is 0 Å². The van der Waals surface area contributed by atoms with Gasteiger partial charge in [-0.1, -0.05) is 0 Å². The molecule has 0 unspecified atom stereocenters. The molecule has 12 nitrogen and oxygen atoms in total. The Morgan fingerprint density at radius 3 is 2.26 bits per heavy atom. The normalized spacial score (nSPS) is 29.4. The lowest BCUT2D eigenvalue weighted by Crippen LogP contribution is -2.65. The molecule has 0 bridgehead atoms. The molecule has 1 aliphatic heterocycles. The first-order valence-corrected chi connectivity index (χ1v) is 14.2. The number of anilines is 1. The van der Waals surface area contributed by atoms with Gasteiger partial charge in [-0.05, 0) is 69.8 Å². The lowest BCUT2D eigenvalue weighted by Gasteiger charge is -2.50. The summed E-state index contributed by atoms with van der Waals surface area (Å²) in [5, 5.41) is 55.9. The van der Waals surface area contributed by atoms with Crippen molar-refractivity contribution in [1.82, 2.24) is 9.80 Å². The van der Waals surface area contributed by atoms with Crippen molar-refractivity contribution in [2.75, 3.05) is 46.2 Å². The van der Waals surface area contributed by atoms with Crippen LogP contribution in [0, 0.1) is 11.8 Å². The van der Waals surface area contributed by atoms with E-state index in [4.69, 9.17) is 5.73 Å². The van der Waals surface area contributed by atoms with Crippen LogP contribution >= 0.6 is 0 Å². The Kier molecular flexibility index (Phi) is 7.20. The number of aliphatic hydroxyl groups is 4. The second-order valence-corrected chi connectivity index (χ2v) is 12.9. The van der Waals surface area contributed by atoms with Crippen LogP contribution in [0.25, 0.3) is 5.76 Å². The van der Waals surface area contributed by atoms with E-state index in [2.05, 4.69) is 4.90 Å². The van der Waals surface area contributed by atoms with Gasteiger partial charge < -0.3 is 36.2 Å². The summed E-state index contributed by atoms with van der Waals surface area (Å²) in [6.45, 7) is 3.67. The van der Waals surface area contributed by atoms with E-state index in [9.17, 15) is 39.9 Å². The minimum absolute atomic E-state index is 0.0326. The number of carbonyl (C=O) groups is 3. The molecule has 1 saturated carbocycles. The van der Waals surface area contributed by atoms with Gasteiger partial charge in [0.2, 0.25) is 5.78 Å². The monoisotopic (exact) mass is 584 g/mol. The van der Waals surface area contributed by atoms with Crippen molar-refractivity contribution in [3.63, 3.8) is 0 Å². The topological polar surface area (TPSA) is 188 Å². The first-order valence-electron chi connectivity index (χ1n) is 14.2. The third-order valence-corrected chi connectivity index (χ3v) is 9.55. The van der Waals surface area contributed by atoms with Gasteiger partial charge in [0, 0.05) is 50.9 Å². The predicted octanol–water partition coefficient (Wildman–Crippen LogP) is 0.377. The zero-order valence-corrected chi connectivity index (χ0v) is 24.6. The number of fused-ring (bicyclic) bond motifs is 3. The number of likely N-dealkylation sites (N-methyl/N-ethyl adjacent to an activating group) is 1. The van der Waals surface area contributed by atoms with Crippen molar-refractivity contribution in [2.24, 2.45) is 17.6 Å². The van der Waals surface area contributed by atoms with Crippen molar-refractivity contribution >= 4 is 28.9 Å². The maximum Gasteiger partial charge on any atom is 0.255 e. The molecule has 1 amide bonds. The van der Waals surface area contributed by atoms with E-state index in [1.54, 1.807) is 20.2 Å². The molecule has 228 valence electrons. The Hall–Kier alpha value is -3.45. The highest BCUT2D eigenvalue weighted by molar-refractivity contribution is 6.24. The van der Waals surface area contributed by atoms with E-state index >= 15 is 0 Å². The van der Waals surface area contributed by atoms with E-state index in [0.29, 0.717) is 38.0 Å². The summed E-state index contributed by atoms with van der Waals surface area (Å²) in [6.07, 6.45) is 1.49. The first kappa shape index (κ1) is 30.0. The van der Waals surface area contributed by atoms with Gasteiger partial charge in [-0.15, -0.1) is 0 Å². The summed E-state index contributed by atoms with van der Waals surface area (Å²) in [7, 11) is 6.85. The number of nitrogens with zero attached hydrogens (tertiary/aromatic N) is 3. The number of ketones is 2. The fraction of sp³-hybridized carbons (Fsp3) is 0.567. The second-order valence-electron chi connectivity index (χ2n) is 12.9. The van der Waals surface area contributed by atoms with Gasteiger partial charge in [-0.3, -0.25) is 24.2 Å². The Morgan fingerprint density at radius 1 is 1.10 bits per heavy atom. The summed E-state index contributed by atoms with van der Waals surface area (Å²) >= 11 is 0. The zero-order chi connectivity index (χ0) is 31.0. The van der Waals surface area contributed by atoms with Crippen LogP contribution in [0.4, 0.5) is 5.69 Å². The Balaban J connectivity index is 1.64. The number of nitrogens with two attached hydrogens (primary N) is 1. The van der Waals surface area contributed by atoms with Gasteiger partial charge in [0.25, 0.3) is 5.91 Å². The summed E-state index contributed by atoms with van der Waals surface area (Å²) in [6, 6.07) is 0.430. The molecule has 42 heavy (non-hydrogen) atoms. The number of carbonyl (C=O) groups excluding carboxylic acids is 3. The number of Topliss-reactive ketones (excluding diaryl/α,β-unsaturated/α-hetero) is 2. The number of primary amides is 1. The van der Waals surface area contributed by atoms with Crippen LogP contribution in [-0.2, 0) is 27.3 Å². The van der Waals surface area contributed by atoms with Crippen LogP contribution in [0.3, 0.4) is 0 Å². The number of benzene rings is 1. The van der Waals surface area contributed by atoms with E-state index in [1.807, 2.05) is 25.9 Å². The van der Waals surface area contributed by atoms with Gasteiger partial charge in [-0.2, -0.15) is 0 Å². The molecule has 4 atom stereocenters. The fourth-order valence-electron chi connectivity index (χ4n) is 7.48. The van der Waals surface area contributed by atoms with Crippen LogP contribution in [0.1, 0.15) is 42.9 Å². The van der Waals surface area contributed by atoms with Gasteiger partial charge in [0.15, 0.2) is 11.4 Å². The molecule has 1 saturated heterocycles. The lowest BCUT2D eigenvalue weighted by molar-refractivity contribution is -0.153. The number of amides is 1. The Morgan fingerprint density at radius 2 is 1.71 bits per heavy atom. The number of likely N-dealkylation sites (tertiary alicyclic amines) is 1. The average Bonchev–Trinajstić information content (AvgIpc) is 2.86. The maximum absolute atomic E-state index is 14.0. The molecular formula is C30H40N4O8. The number of piperidine rings is 1. The van der Waals surface area contributed by atoms with E-state index in [1.165, 1.54) is 4.90 Å². The fourth-order valence-corrected chi connectivity index (χ4v) is 7.48. The molecule has 0 radical (unpaired) electrons. The molecule has 4 aliphatic rings. The van der Waals surface area contributed by atoms with Crippen LogP contribution in [0.2, 0.25) is 0 Å². The van der Waals surface area contributed by atoms with Crippen molar-refractivity contribution in [1.29, 1.82) is 0 Å². The highest BCUT2D eigenvalue weighted by Crippen LogP contribution is 2.54. The van der Waals surface area contributed by atoms with Crippen molar-refractivity contribution in [3.8, 4) is 5.75 Å². The zero-order valence-electron chi connectivity index (χ0n) is 24.6. The summed E-state index contributed by atoms with van der Waals surface area (Å²) < 4.78 is 0. The number of phenolic OH excluding ortho intramolecular Hbond substituents is 1. The number of aliphatic hydroxyl groups excluding tert-OH is 2. The van der Waals surface area contributed by atoms with E-state index < -0.39 is 63.6 Å². The number of hydrogen-bond acceptors (Lipinski definition) is 11. The standard InChI is InChI=1S/C30H40N4O8/c1-29(41)6-8-34(9-7-29)13-15-12-18(35)20-16(22(15)32(2)3)10-14-11-17-23(33(4)5)25(37)21(28(31)40)27(39)30(17,42)26(38)19(14)24(20)36/h12,14,17,23,35-36,39,41-42H,6-11,13H2,1-5H3,(H2,31,40)/t14-,17-,23-,30-/m0/s1. The molecule has 12 heteroatoms. The van der Waals surface area contributed by atoms with Crippen molar-refractivity contribution < 1.29 is 39.9 Å². The number of hydrogen-bond donors (Lipinski definition) is 6. The molecule has 1 heterocycles. The summed E-state index contributed by atoms with van der Waals surface area (Å²) in [5.41, 5.74) is 3.29. The second kappa shape index (κ2) is 10.1. The first-order chi connectivity index (χ1) is 19.5. The molecule has 1 aromatic rings. The Bertz CT molecular complexity index is 1430. The molecule has 5 rings (SSSR count). The number of aromatic hydroxyl groups is 1. The quantitative estimate of drug-likeness (QED) is 0.263. The van der Waals surface area contributed by atoms with Gasteiger partial charge in [0.1, 0.15) is 22.8 Å².